The molecule has 0 heterocycles. The second kappa shape index (κ2) is 14.2. The molecule has 1 aliphatic rings. The molecule has 0 saturated heterocycles. The molecule has 1 atom stereocenters. The van der Waals surface area contributed by atoms with E-state index in [2.05, 4.69) is 232 Å². The van der Waals surface area contributed by atoms with Crippen molar-refractivity contribution in [2.75, 3.05) is 9.80 Å². The fourth-order valence-electron chi connectivity index (χ4n) is 8.84. The van der Waals surface area contributed by atoms with Gasteiger partial charge in [0.15, 0.2) is 0 Å². The van der Waals surface area contributed by atoms with Crippen LogP contribution in [-0.4, -0.2) is 0 Å². The maximum atomic E-state index is 2.59. The first-order valence-electron chi connectivity index (χ1n) is 21.3. The van der Waals surface area contributed by atoms with Crippen molar-refractivity contribution in [2.24, 2.45) is 0 Å². The summed E-state index contributed by atoms with van der Waals surface area (Å²) < 4.78 is 0. The molecule has 0 saturated carbocycles. The van der Waals surface area contributed by atoms with Gasteiger partial charge in [-0.15, -0.1) is 0 Å². The molecule has 0 bridgehead atoms. The van der Waals surface area contributed by atoms with E-state index in [4.69, 9.17) is 0 Å². The molecule has 0 fully saturated rings. The van der Waals surface area contributed by atoms with E-state index in [9.17, 15) is 0 Å². The van der Waals surface area contributed by atoms with Crippen LogP contribution in [0.2, 0.25) is 0 Å². The van der Waals surface area contributed by atoms with Gasteiger partial charge in [0.25, 0.3) is 0 Å². The predicted octanol–water partition coefficient (Wildman–Crippen LogP) is 15.4. The highest BCUT2D eigenvalue weighted by Crippen LogP contribution is 2.47. The van der Waals surface area contributed by atoms with E-state index >= 15 is 0 Å². The van der Waals surface area contributed by atoms with E-state index in [0.29, 0.717) is 0 Å². The molecule has 7 aromatic carbocycles. The Balaban J connectivity index is 1.32. The van der Waals surface area contributed by atoms with Gasteiger partial charge in [0.2, 0.25) is 0 Å². The molecular formula is C56H62N2. The Morgan fingerprint density at radius 2 is 0.793 bits per heavy atom. The first-order valence-corrected chi connectivity index (χ1v) is 21.3. The zero-order valence-corrected chi connectivity index (χ0v) is 37.0. The zero-order chi connectivity index (χ0) is 41.4. The highest BCUT2D eigenvalue weighted by Gasteiger charge is 2.29. The Hall–Kier alpha value is -5.34. The molecule has 1 aliphatic carbocycles. The number of hydrogen-bond donors (Lipinski definition) is 0. The van der Waals surface area contributed by atoms with Crippen molar-refractivity contribution in [1.29, 1.82) is 0 Å². The fraction of sp³-hybridized carbons (Fsp3) is 0.321. The minimum absolute atomic E-state index is 0.0743. The predicted molar refractivity (Wildman–Crippen MR) is 253 cm³/mol. The summed E-state index contributed by atoms with van der Waals surface area (Å²) in [6, 6.07) is 51.4. The first kappa shape index (κ1) is 39.5. The third-order valence-electron chi connectivity index (χ3n) is 12.4. The maximum absolute atomic E-state index is 2.59. The van der Waals surface area contributed by atoms with Crippen LogP contribution in [0.15, 0.2) is 133 Å². The number of hydrogen-bond acceptors (Lipinski definition) is 2. The quantitative estimate of drug-likeness (QED) is 0.166. The van der Waals surface area contributed by atoms with Crippen LogP contribution < -0.4 is 15.0 Å². The largest absolute Gasteiger partial charge is 0.334 e. The summed E-state index contributed by atoms with van der Waals surface area (Å²) in [5.74, 6) is 0. The molecule has 58 heavy (non-hydrogen) atoms. The number of rotatable bonds is 6. The molecule has 0 spiro atoms. The van der Waals surface area contributed by atoms with E-state index in [1.165, 1.54) is 71.6 Å². The topological polar surface area (TPSA) is 6.48 Å². The minimum Gasteiger partial charge on any atom is -0.334 e. The molecule has 0 N–H and O–H groups in total. The smallest absolute Gasteiger partial charge is 0.0632 e. The Kier molecular flexibility index (Phi) is 9.66. The zero-order valence-electron chi connectivity index (χ0n) is 37.0. The molecule has 296 valence electrons. The van der Waals surface area contributed by atoms with Crippen LogP contribution in [0.5, 0.6) is 0 Å². The number of anilines is 5. The Labute approximate surface area is 348 Å². The Morgan fingerprint density at radius 1 is 0.397 bits per heavy atom. The van der Waals surface area contributed by atoms with Crippen molar-refractivity contribution >= 4 is 56.1 Å². The summed E-state index contributed by atoms with van der Waals surface area (Å²) >= 11 is 0. The summed E-state index contributed by atoms with van der Waals surface area (Å²) in [5, 5.41) is 6.56. The van der Waals surface area contributed by atoms with E-state index in [1.807, 2.05) is 0 Å². The molecule has 0 amide bonds. The van der Waals surface area contributed by atoms with Crippen molar-refractivity contribution in [2.45, 2.75) is 117 Å². The number of nitrogens with zero attached hydrogens (tertiary/aromatic N) is 2. The molecule has 0 radical (unpaired) electrons. The van der Waals surface area contributed by atoms with Gasteiger partial charge in [-0.3, -0.25) is 0 Å². The Morgan fingerprint density at radius 3 is 1.21 bits per heavy atom. The van der Waals surface area contributed by atoms with E-state index in [-0.39, 0.29) is 27.7 Å². The first-order chi connectivity index (χ1) is 27.3. The lowest BCUT2D eigenvalue weighted by Crippen LogP contribution is -2.28. The van der Waals surface area contributed by atoms with Gasteiger partial charge in [-0.1, -0.05) is 168 Å². The van der Waals surface area contributed by atoms with Crippen LogP contribution in [0, 0.1) is 0 Å². The lowest BCUT2D eigenvalue weighted by Gasteiger charge is -2.37. The SMILES string of the molecule is CC(C)(C)c1ccc(N(c2ccc(C(C)(C)C)cc2)c2ccc3ccc4c5c(ccc2c35)=CCC4N(c2ccc(C(C)(C)C)cc2)c2ccc(C(C)(C)C)cc2)cc1. The van der Waals surface area contributed by atoms with Crippen LogP contribution in [0.3, 0.4) is 0 Å². The van der Waals surface area contributed by atoms with Gasteiger partial charge in [0, 0.05) is 28.1 Å². The molecular weight excluding hydrogens is 701 g/mol. The van der Waals surface area contributed by atoms with Gasteiger partial charge in [0.1, 0.15) is 0 Å². The lowest BCUT2D eigenvalue weighted by atomic mass is 9.84. The highest BCUT2D eigenvalue weighted by atomic mass is 15.2. The molecule has 0 aliphatic heterocycles. The van der Waals surface area contributed by atoms with Crippen LogP contribution in [0.1, 0.15) is 123 Å². The van der Waals surface area contributed by atoms with E-state index < -0.39 is 0 Å². The van der Waals surface area contributed by atoms with Crippen LogP contribution in [-0.2, 0) is 21.7 Å². The monoisotopic (exact) mass is 762 g/mol. The summed E-state index contributed by atoms with van der Waals surface area (Å²) in [4.78, 5) is 5.05. The number of benzene rings is 7. The van der Waals surface area contributed by atoms with Crippen molar-refractivity contribution in [3.63, 3.8) is 0 Å². The van der Waals surface area contributed by atoms with Crippen molar-refractivity contribution in [1.82, 2.24) is 0 Å². The second-order valence-corrected chi connectivity index (χ2v) is 20.8. The molecule has 2 heteroatoms. The normalized spacial score (nSPS) is 14.8. The van der Waals surface area contributed by atoms with Gasteiger partial charge in [-0.05, 0) is 132 Å². The summed E-state index contributed by atoms with van der Waals surface area (Å²) in [6.07, 6.45) is 3.40. The fourth-order valence-corrected chi connectivity index (χ4v) is 8.84. The van der Waals surface area contributed by atoms with Gasteiger partial charge in [-0.2, -0.15) is 0 Å². The summed E-state index contributed by atoms with van der Waals surface area (Å²) in [6.45, 7) is 27.5. The third-order valence-corrected chi connectivity index (χ3v) is 12.4. The van der Waals surface area contributed by atoms with Crippen LogP contribution in [0.4, 0.5) is 28.4 Å². The lowest BCUT2D eigenvalue weighted by molar-refractivity contribution is 0.589. The van der Waals surface area contributed by atoms with Crippen LogP contribution in [0.25, 0.3) is 27.6 Å². The molecule has 8 rings (SSSR count). The van der Waals surface area contributed by atoms with Gasteiger partial charge >= 0.3 is 0 Å². The van der Waals surface area contributed by atoms with Crippen molar-refractivity contribution in [3.8, 4) is 0 Å². The summed E-state index contributed by atoms with van der Waals surface area (Å²) in [7, 11) is 0. The second-order valence-electron chi connectivity index (χ2n) is 20.8. The van der Waals surface area contributed by atoms with Crippen LogP contribution >= 0.6 is 0 Å². The maximum Gasteiger partial charge on any atom is 0.0632 e. The molecule has 7 aromatic rings. The average molecular weight is 763 g/mol. The van der Waals surface area contributed by atoms with Crippen molar-refractivity contribution < 1.29 is 0 Å². The summed E-state index contributed by atoms with van der Waals surface area (Å²) in [5.41, 5.74) is 13.0. The van der Waals surface area contributed by atoms with Gasteiger partial charge in [0.05, 0.1) is 11.7 Å². The highest BCUT2D eigenvalue weighted by molar-refractivity contribution is 6.17. The van der Waals surface area contributed by atoms with E-state index in [0.717, 1.165) is 17.8 Å². The standard InChI is InChI=1S/C56H62N2/c1-53(2,3)39-17-25-43(26-18-39)57(44-27-19-40(20-28-44)54(4,5)6)49-35-15-37-14-34-48-50(36-16-38-13-33-47(49)51(37)52(38)48)58(45-29-21-41(22-30-45)55(7,8)9)46-31-23-42(24-32-46)56(10,11)12/h13-35,50H,36H2,1-12H3. The van der Waals surface area contributed by atoms with Gasteiger partial charge in [-0.25, -0.2) is 0 Å². The molecule has 0 aromatic heterocycles. The molecule has 1 unspecified atom stereocenters. The molecule has 2 nitrogen and oxygen atoms in total. The van der Waals surface area contributed by atoms with Crippen molar-refractivity contribution in [3.05, 3.63) is 166 Å². The van der Waals surface area contributed by atoms with E-state index in [1.54, 1.807) is 0 Å². The minimum atomic E-state index is 0.0743. The third kappa shape index (κ3) is 7.32. The average Bonchev–Trinajstić information content (AvgIpc) is 3.17. The Bertz CT molecular complexity index is 2520. The van der Waals surface area contributed by atoms with Gasteiger partial charge < -0.3 is 9.80 Å².